The monoisotopic (exact) mass is 562 g/mol. The molecule has 0 unspecified atom stereocenters. The molecule has 3 fully saturated rings. The van der Waals surface area contributed by atoms with Gasteiger partial charge in [-0.3, -0.25) is 19.2 Å². The Bertz CT molecular complexity index is 702. The molecule has 2 bridgehead atoms. The van der Waals surface area contributed by atoms with Crippen molar-refractivity contribution in [1.29, 1.82) is 0 Å². The van der Waals surface area contributed by atoms with Crippen molar-refractivity contribution in [2.75, 3.05) is 78.5 Å². The Hall–Kier alpha value is -2.23. The summed E-state index contributed by atoms with van der Waals surface area (Å²) in [4.78, 5) is 48.2. The van der Waals surface area contributed by atoms with Crippen molar-refractivity contribution in [3.63, 3.8) is 0 Å². The lowest BCUT2D eigenvalue weighted by molar-refractivity contribution is -0.135. The highest BCUT2D eigenvalue weighted by atomic mass is 16.5. The zero-order chi connectivity index (χ0) is 29.1. The molecule has 3 rings (SSSR count). The van der Waals surface area contributed by atoms with Crippen molar-refractivity contribution in [3.8, 4) is 0 Å². The third-order valence-corrected chi connectivity index (χ3v) is 6.86. The van der Waals surface area contributed by atoms with Crippen LogP contribution in [0, 0.1) is 0 Å². The van der Waals surface area contributed by atoms with Crippen LogP contribution in [-0.4, -0.2) is 129 Å². The lowest BCUT2D eigenvalue weighted by atomic mass is 9.96. The van der Waals surface area contributed by atoms with Gasteiger partial charge in [-0.1, -0.05) is 0 Å². The fourth-order valence-corrected chi connectivity index (χ4v) is 4.76. The molecule has 0 aromatic heterocycles. The Kier molecular flexibility index (Phi) is 16.1. The standard InChI is InChI=1S/C24H44B2N8O6/c25-39-21(37)5-1-3-19(35)33-23-13-27-7-10-30-16-24(17-31-11-8-28-14-23,18-32-12-9-29-15-23)34-20(36)4-2-6-22(38)40-26/h27-32H,1-18H2,(H,33,35)(H,34,36). The molecule has 3 saturated heterocycles. The number of hydrogen-bond donors (Lipinski definition) is 8. The van der Waals surface area contributed by atoms with Crippen LogP contribution in [0.15, 0.2) is 0 Å². The number of carbonyl (C=O) groups excluding carboxylic acids is 4. The van der Waals surface area contributed by atoms with E-state index in [2.05, 4.69) is 51.8 Å². The van der Waals surface area contributed by atoms with Crippen molar-refractivity contribution >= 4 is 39.9 Å². The van der Waals surface area contributed by atoms with Gasteiger partial charge < -0.3 is 51.8 Å². The molecule has 0 aliphatic carbocycles. The summed E-state index contributed by atoms with van der Waals surface area (Å²) < 4.78 is 8.35. The minimum Gasteiger partial charge on any atom is -0.543 e. The van der Waals surface area contributed by atoms with Gasteiger partial charge in [-0.15, -0.1) is 0 Å². The van der Waals surface area contributed by atoms with E-state index < -0.39 is 23.0 Å². The van der Waals surface area contributed by atoms with Crippen LogP contribution >= 0.6 is 0 Å². The van der Waals surface area contributed by atoms with Gasteiger partial charge in [0.05, 0.1) is 11.1 Å². The lowest BCUT2D eigenvalue weighted by Crippen LogP contribution is -2.68. The minimum absolute atomic E-state index is 0.0829. The van der Waals surface area contributed by atoms with E-state index in [1.54, 1.807) is 0 Å². The van der Waals surface area contributed by atoms with Crippen LogP contribution in [0.4, 0.5) is 0 Å². The number of carbonyl (C=O) groups is 4. The third-order valence-electron chi connectivity index (χ3n) is 6.86. The van der Waals surface area contributed by atoms with E-state index in [1.165, 1.54) is 0 Å². The Morgan fingerprint density at radius 3 is 1.05 bits per heavy atom. The molecule has 4 radical (unpaired) electrons. The first kappa shape index (κ1) is 34.0. The Morgan fingerprint density at radius 1 is 0.525 bits per heavy atom. The molecule has 0 atom stereocenters. The van der Waals surface area contributed by atoms with Crippen molar-refractivity contribution in [2.45, 2.75) is 49.6 Å². The second-order valence-electron chi connectivity index (χ2n) is 10.4. The molecule has 14 nitrogen and oxygen atoms in total. The predicted molar refractivity (Wildman–Crippen MR) is 150 cm³/mol. The van der Waals surface area contributed by atoms with Crippen molar-refractivity contribution in [1.82, 2.24) is 42.5 Å². The fourth-order valence-electron chi connectivity index (χ4n) is 4.76. The van der Waals surface area contributed by atoms with Gasteiger partial charge in [-0.25, -0.2) is 0 Å². The molecular formula is C24H44B2N8O6. The van der Waals surface area contributed by atoms with Gasteiger partial charge in [-0.2, -0.15) is 0 Å². The maximum absolute atomic E-state index is 12.8. The summed E-state index contributed by atoms with van der Waals surface area (Å²) in [5.41, 5.74) is -1.18. The van der Waals surface area contributed by atoms with E-state index in [0.29, 0.717) is 91.4 Å². The van der Waals surface area contributed by atoms with Crippen molar-refractivity contribution < 1.29 is 28.5 Å². The molecule has 3 heterocycles. The zero-order valence-electron chi connectivity index (χ0n) is 23.3. The highest BCUT2D eigenvalue weighted by Gasteiger charge is 2.33. The summed E-state index contributed by atoms with van der Waals surface area (Å²) in [5, 5.41) is 27.1. The molecule has 3 aliphatic rings. The van der Waals surface area contributed by atoms with Gasteiger partial charge in [0.1, 0.15) is 0 Å². The smallest absolute Gasteiger partial charge is 0.378 e. The summed E-state index contributed by atoms with van der Waals surface area (Å²) in [6.07, 6.45) is 1.24. The average molecular weight is 562 g/mol. The predicted octanol–water partition coefficient (Wildman–Crippen LogP) is -4.14. The SMILES string of the molecule is [B]OC(=O)CCCC(=O)NC12CNCCNCC(NC(=O)CCCC(=O)O[B])(CNCCNC1)CNCCNC2. The van der Waals surface area contributed by atoms with E-state index in [0.717, 1.165) is 0 Å². The average Bonchev–Trinajstić information content (AvgIpc) is 2.93. The molecule has 40 heavy (non-hydrogen) atoms. The lowest BCUT2D eigenvalue weighted by Gasteiger charge is -2.39. The van der Waals surface area contributed by atoms with Crippen LogP contribution in [0.3, 0.4) is 0 Å². The van der Waals surface area contributed by atoms with Gasteiger partial charge in [0, 0.05) is 104 Å². The van der Waals surface area contributed by atoms with E-state index in [1.807, 2.05) is 0 Å². The first-order valence-corrected chi connectivity index (χ1v) is 14.0. The van der Waals surface area contributed by atoms with Crippen LogP contribution < -0.4 is 42.5 Å². The summed E-state index contributed by atoms with van der Waals surface area (Å²) in [6, 6.07) is 0. The molecule has 0 aromatic rings. The fraction of sp³-hybridized carbons (Fsp3) is 0.833. The van der Waals surface area contributed by atoms with Crippen LogP contribution in [0.25, 0.3) is 0 Å². The van der Waals surface area contributed by atoms with Gasteiger partial charge >= 0.3 is 16.1 Å². The molecule has 0 saturated carbocycles. The number of fused-ring (bicyclic) bond motifs is 15. The van der Waals surface area contributed by atoms with E-state index >= 15 is 0 Å². The highest BCUT2D eigenvalue weighted by molar-refractivity contribution is 6.05. The topological polar surface area (TPSA) is 183 Å². The first-order chi connectivity index (χ1) is 19.3. The summed E-state index contributed by atoms with van der Waals surface area (Å²) in [6.45, 7) is 7.03. The molecule has 2 amide bonds. The van der Waals surface area contributed by atoms with Gasteiger partial charge in [0.25, 0.3) is 11.9 Å². The number of nitrogens with one attached hydrogen (secondary N) is 8. The summed E-state index contributed by atoms with van der Waals surface area (Å²) in [5.74, 6) is -1.38. The molecular weight excluding hydrogens is 518 g/mol. The molecule has 3 aliphatic heterocycles. The van der Waals surface area contributed by atoms with Gasteiger partial charge in [0.2, 0.25) is 11.8 Å². The number of hydrogen-bond acceptors (Lipinski definition) is 12. The summed E-state index contributed by atoms with van der Waals surface area (Å²) in [7, 11) is 9.76. The Balaban J connectivity index is 2.06. The van der Waals surface area contributed by atoms with Gasteiger partial charge in [-0.05, 0) is 12.8 Å². The number of amides is 2. The maximum Gasteiger partial charge on any atom is 0.378 e. The largest absolute Gasteiger partial charge is 0.543 e. The van der Waals surface area contributed by atoms with E-state index in [9.17, 15) is 19.2 Å². The van der Waals surface area contributed by atoms with Crippen LogP contribution in [0.1, 0.15) is 38.5 Å². The zero-order valence-corrected chi connectivity index (χ0v) is 23.3. The minimum atomic E-state index is -0.590. The molecule has 16 heteroatoms. The van der Waals surface area contributed by atoms with Crippen LogP contribution in [0.5, 0.6) is 0 Å². The Labute approximate surface area is 239 Å². The highest BCUT2D eigenvalue weighted by Crippen LogP contribution is 2.08. The maximum atomic E-state index is 12.8. The third kappa shape index (κ3) is 13.4. The second-order valence-corrected chi connectivity index (χ2v) is 10.4. The molecule has 0 spiro atoms. The molecule has 0 aromatic carbocycles. The first-order valence-electron chi connectivity index (χ1n) is 14.0. The van der Waals surface area contributed by atoms with E-state index in [-0.39, 0.29) is 37.5 Å². The Morgan fingerprint density at radius 2 is 0.800 bits per heavy atom. The molecule has 222 valence electrons. The molecule has 8 N–H and O–H groups in total. The number of rotatable bonds is 10. The van der Waals surface area contributed by atoms with Crippen LogP contribution in [-0.2, 0) is 28.5 Å². The summed E-state index contributed by atoms with van der Waals surface area (Å²) >= 11 is 0. The van der Waals surface area contributed by atoms with E-state index in [4.69, 9.17) is 16.1 Å². The van der Waals surface area contributed by atoms with Crippen molar-refractivity contribution in [3.05, 3.63) is 0 Å². The van der Waals surface area contributed by atoms with Crippen LogP contribution in [0.2, 0.25) is 0 Å². The van der Waals surface area contributed by atoms with Gasteiger partial charge in [0.15, 0.2) is 0 Å². The quantitative estimate of drug-likeness (QED) is 0.121. The van der Waals surface area contributed by atoms with Crippen molar-refractivity contribution in [2.24, 2.45) is 0 Å². The normalized spacial score (nSPS) is 25.1. The second kappa shape index (κ2) is 19.0.